The number of hydrogen-bond donors (Lipinski definition) is 2. The average molecular weight is 367 g/mol. The van der Waals surface area contributed by atoms with E-state index >= 15 is 0 Å². The zero-order valence-corrected chi connectivity index (χ0v) is 14.0. The molecule has 136 valence electrons. The SMILES string of the molecule is Cl.NC1CCCCC1CC(=O)Nc1ccccc1OCC(F)(F)F. The lowest BCUT2D eigenvalue weighted by molar-refractivity contribution is -0.153. The Morgan fingerprint density at radius 2 is 1.92 bits per heavy atom. The number of alkyl halides is 3. The summed E-state index contributed by atoms with van der Waals surface area (Å²) >= 11 is 0. The van der Waals surface area contributed by atoms with Gasteiger partial charge in [0.05, 0.1) is 5.69 Å². The number of amides is 1. The van der Waals surface area contributed by atoms with Gasteiger partial charge >= 0.3 is 6.18 Å². The number of ether oxygens (including phenoxy) is 1. The molecule has 24 heavy (non-hydrogen) atoms. The fourth-order valence-electron chi connectivity index (χ4n) is 2.78. The Morgan fingerprint density at radius 1 is 1.25 bits per heavy atom. The summed E-state index contributed by atoms with van der Waals surface area (Å²) < 4.78 is 41.5. The van der Waals surface area contributed by atoms with Gasteiger partial charge in [-0.1, -0.05) is 25.0 Å². The smallest absolute Gasteiger partial charge is 0.422 e. The summed E-state index contributed by atoms with van der Waals surface area (Å²) in [4.78, 5) is 12.1. The van der Waals surface area contributed by atoms with Gasteiger partial charge in [0.15, 0.2) is 6.61 Å². The van der Waals surface area contributed by atoms with Crippen LogP contribution in [0.25, 0.3) is 0 Å². The average Bonchev–Trinajstić information content (AvgIpc) is 2.48. The third-order valence-corrected chi connectivity index (χ3v) is 3.97. The van der Waals surface area contributed by atoms with Crippen molar-refractivity contribution >= 4 is 24.0 Å². The number of para-hydroxylation sites is 2. The third-order valence-electron chi connectivity index (χ3n) is 3.97. The number of carbonyl (C=O) groups excluding carboxylic acids is 1. The highest BCUT2D eigenvalue weighted by atomic mass is 35.5. The predicted molar refractivity (Wildman–Crippen MR) is 88.4 cm³/mol. The lowest BCUT2D eigenvalue weighted by atomic mass is 9.83. The van der Waals surface area contributed by atoms with E-state index in [0.29, 0.717) is 0 Å². The van der Waals surface area contributed by atoms with Gasteiger partial charge in [0.25, 0.3) is 0 Å². The highest BCUT2D eigenvalue weighted by Crippen LogP contribution is 2.29. The number of carbonyl (C=O) groups is 1. The molecule has 1 aromatic carbocycles. The second kappa shape index (κ2) is 9.13. The quantitative estimate of drug-likeness (QED) is 0.830. The minimum absolute atomic E-state index is 0. The molecule has 1 amide bonds. The monoisotopic (exact) mass is 366 g/mol. The van der Waals surface area contributed by atoms with Crippen molar-refractivity contribution in [3.8, 4) is 5.75 Å². The van der Waals surface area contributed by atoms with Crippen molar-refractivity contribution in [1.82, 2.24) is 0 Å². The molecule has 1 aliphatic rings. The fraction of sp³-hybridized carbons (Fsp3) is 0.562. The molecule has 2 unspecified atom stereocenters. The van der Waals surface area contributed by atoms with Crippen LogP contribution in [0.3, 0.4) is 0 Å². The Hall–Kier alpha value is -1.47. The lowest BCUT2D eigenvalue weighted by Crippen LogP contribution is -2.35. The van der Waals surface area contributed by atoms with Crippen LogP contribution in [-0.4, -0.2) is 24.7 Å². The molecule has 0 radical (unpaired) electrons. The summed E-state index contributed by atoms with van der Waals surface area (Å²) in [7, 11) is 0. The Morgan fingerprint density at radius 3 is 2.58 bits per heavy atom. The maximum atomic E-state index is 12.3. The first kappa shape index (κ1) is 20.6. The van der Waals surface area contributed by atoms with Crippen LogP contribution < -0.4 is 15.8 Å². The summed E-state index contributed by atoms with van der Waals surface area (Å²) in [6, 6.07) is 6.10. The molecule has 4 nitrogen and oxygen atoms in total. The van der Waals surface area contributed by atoms with Gasteiger partial charge in [0, 0.05) is 12.5 Å². The van der Waals surface area contributed by atoms with Crippen LogP contribution in [0.5, 0.6) is 5.75 Å². The van der Waals surface area contributed by atoms with Gasteiger partial charge in [-0.15, -0.1) is 12.4 Å². The predicted octanol–water partition coefficient (Wildman–Crippen LogP) is 3.90. The van der Waals surface area contributed by atoms with Crippen molar-refractivity contribution in [2.45, 2.75) is 44.3 Å². The summed E-state index contributed by atoms with van der Waals surface area (Å²) in [5.74, 6) is -0.131. The molecule has 0 aliphatic heterocycles. The fourth-order valence-corrected chi connectivity index (χ4v) is 2.78. The van der Waals surface area contributed by atoms with Crippen LogP contribution in [-0.2, 0) is 4.79 Å². The number of halogens is 4. The highest BCUT2D eigenvalue weighted by molar-refractivity contribution is 5.92. The molecular weight excluding hydrogens is 345 g/mol. The molecule has 0 saturated heterocycles. The number of hydrogen-bond acceptors (Lipinski definition) is 3. The van der Waals surface area contributed by atoms with Crippen molar-refractivity contribution in [2.75, 3.05) is 11.9 Å². The van der Waals surface area contributed by atoms with E-state index in [2.05, 4.69) is 5.32 Å². The summed E-state index contributed by atoms with van der Waals surface area (Å²) in [5, 5.41) is 2.63. The van der Waals surface area contributed by atoms with Gasteiger partial charge in [0.1, 0.15) is 5.75 Å². The van der Waals surface area contributed by atoms with E-state index in [4.69, 9.17) is 10.5 Å². The first-order valence-electron chi connectivity index (χ1n) is 7.69. The van der Waals surface area contributed by atoms with Crippen molar-refractivity contribution in [1.29, 1.82) is 0 Å². The lowest BCUT2D eigenvalue weighted by Gasteiger charge is -2.28. The maximum absolute atomic E-state index is 12.3. The van der Waals surface area contributed by atoms with Crippen LogP contribution in [0.4, 0.5) is 18.9 Å². The summed E-state index contributed by atoms with van der Waals surface area (Å²) in [6.07, 6.45) is -0.213. The standard InChI is InChI=1S/C16H21F3N2O2.ClH/c17-16(18,19)10-23-14-8-4-3-7-13(14)21-15(22)9-11-5-1-2-6-12(11)20;/h3-4,7-8,11-12H,1-2,5-6,9-10,20H2,(H,21,22);1H. The Bertz CT molecular complexity index is 540. The molecule has 1 saturated carbocycles. The number of benzene rings is 1. The number of nitrogens with one attached hydrogen (secondary N) is 1. The van der Waals surface area contributed by atoms with E-state index in [9.17, 15) is 18.0 Å². The highest BCUT2D eigenvalue weighted by Gasteiger charge is 2.29. The molecule has 1 aromatic rings. The topological polar surface area (TPSA) is 64.4 Å². The van der Waals surface area contributed by atoms with Crippen molar-refractivity contribution in [2.24, 2.45) is 11.7 Å². The Balaban J connectivity index is 0.00000288. The molecular formula is C16H22ClF3N2O2. The summed E-state index contributed by atoms with van der Waals surface area (Å²) in [6.45, 7) is -1.40. The molecule has 0 spiro atoms. The van der Waals surface area contributed by atoms with Gasteiger partial charge < -0.3 is 15.8 Å². The van der Waals surface area contributed by atoms with E-state index in [0.717, 1.165) is 25.7 Å². The molecule has 0 aromatic heterocycles. The van der Waals surface area contributed by atoms with Gasteiger partial charge in [-0.3, -0.25) is 4.79 Å². The minimum atomic E-state index is -4.42. The van der Waals surface area contributed by atoms with Gasteiger partial charge in [-0.25, -0.2) is 0 Å². The van der Waals surface area contributed by atoms with Crippen LogP contribution >= 0.6 is 12.4 Å². The van der Waals surface area contributed by atoms with Gasteiger partial charge in [0.2, 0.25) is 5.91 Å². The molecule has 0 bridgehead atoms. The first-order valence-corrected chi connectivity index (χ1v) is 7.69. The zero-order valence-electron chi connectivity index (χ0n) is 13.1. The van der Waals surface area contributed by atoms with Crippen LogP contribution in [0.2, 0.25) is 0 Å². The largest absolute Gasteiger partial charge is 0.482 e. The zero-order chi connectivity index (χ0) is 16.9. The Kier molecular flexibility index (Phi) is 7.83. The molecule has 1 fully saturated rings. The third kappa shape index (κ3) is 6.57. The van der Waals surface area contributed by atoms with Crippen molar-refractivity contribution in [3.63, 3.8) is 0 Å². The molecule has 2 rings (SSSR count). The van der Waals surface area contributed by atoms with Crippen LogP contribution in [0, 0.1) is 5.92 Å². The van der Waals surface area contributed by atoms with Crippen LogP contribution in [0.15, 0.2) is 24.3 Å². The van der Waals surface area contributed by atoms with E-state index in [1.165, 1.54) is 12.1 Å². The first-order chi connectivity index (χ1) is 10.8. The normalized spacial score (nSPS) is 20.8. The second-order valence-corrected chi connectivity index (χ2v) is 5.86. The Labute approximate surface area is 145 Å². The van der Waals surface area contributed by atoms with E-state index < -0.39 is 12.8 Å². The molecule has 8 heteroatoms. The van der Waals surface area contributed by atoms with Gasteiger partial charge in [-0.05, 0) is 30.9 Å². The van der Waals surface area contributed by atoms with E-state index in [-0.39, 0.29) is 48.1 Å². The number of nitrogens with two attached hydrogens (primary N) is 1. The molecule has 0 heterocycles. The number of rotatable bonds is 5. The van der Waals surface area contributed by atoms with Gasteiger partial charge in [-0.2, -0.15) is 13.2 Å². The van der Waals surface area contributed by atoms with Crippen LogP contribution in [0.1, 0.15) is 32.1 Å². The van der Waals surface area contributed by atoms with Crippen molar-refractivity contribution in [3.05, 3.63) is 24.3 Å². The van der Waals surface area contributed by atoms with E-state index in [1.54, 1.807) is 12.1 Å². The second-order valence-electron chi connectivity index (χ2n) is 5.86. The van der Waals surface area contributed by atoms with E-state index in [1.807, 2.05) is 0 Å². The minimum Gasteiger partial charge on any atom is -0.482 e. The molecule has 1 aliphatic carbocycles. The van der Waals surface area contributed by atoms with Crippen molar-refractivity contribution < 1.29 is 22.7 Å². The summed E-state index contributed by atoms with van der Waals surface area (Å²) in [5.41, 5.74) is 6.26. The molecule has 3 N–H and O–H groups in total. The molecule has 2 atom stereocenters. The maximum Gasteiger partial charge on any atom is 0.422 e. The number of anilines is 1.